The summed E-state index contributed by atoms with van der Waals surface area (Å²) in [5, 5.41) is 5.71. The van der Waals surface area contributed by atoms with Gasteiger partial charge in [0.05, 0.1) is 17.3 Å². The predicted molar refractivity (Wildman–Crippen MR) is 146 cm³/mol. The number of aryl methyl sites for hydroxylation is 1. The van der Waals surface area contributed by atoms with E-state index < -0.39 is 12.5 Å². The fourth-order valence-electron chi connectivity index (χ4n) is 7.04. The van der Waals surface area contributed by atoms with Crippen LogP contribution in [0.1, 0.15) is 60.0 Å². The molecule has 2 saturated carbocycles. The molecule has 0 radical (unpaired) electrons. The maximum atomic E-state index is 13.1. The smallest absolute Gasteiger partial charge is 0.278 e. The zero-order valence-corrected chi connectivity index (χ0v) is 23.6. The van der Waals surface area contributed by atoms with E-state index in [1.54, 1.807) is 11.8 Å². The lowest BCUT2D eigenvalue weighted by Crippen LogP contribution is -2.53. The normalized spacial score (nSPS) is 25.8. The maximum absolute atomic E-state index is 13.1. The first-order chi connectivity index (χ1) is 18.6. The molecule has 3 aliphatic rings. The van der Waals surface area contributed by atoms with E-state index in [0.717, 1.165) is 79.2 Å². The molecule has 6 rings (SSSR count). The second-order valence-electron chi connectivity index (χ2n) is 12.1. The molecule has 1 unspecified atom stereocenters. The van der Waals surface area contributed by atoms with Gasteiger partial charge in [-0.2, -0.15) is 5.10 Å². The van der Waals surface area contributed by atoms with Gasteiger partial charge in [0.1, 0.15) is 0 Å². The Labute approximate surface area is 231 Å². The molecular weight excluding hydrogens is 522 g/mol. The summed E-state index contributed by atoms with van der Waals surface area (Å²) in [6, 6.07) is 5.80. The third-order valence-corrected chi connectivity index (χ3v) is 9.85. The van der Waals surface area contributed by atoms with E-state index >= 15 is 0 Å². The Kier molecular flexibility index (Phi) is 7.00. The largest absolute Gasteiger partial charge is 0.464 e. The van der Waals surface area contributed by atoms with E-state index in [2.05, 4.69) is 15.0 Å². The lowest BCUT2D eigenvalue weighted by molar-refractivity contribution is -0.122. The van der Waals surface area contributed by atoms with Crippen LogP contribution in [0.4, 0.5) is 8.78 Å². The molecule has 10 heteroatoms. The van der Waals surface area contributed by atoms with Crippen LogP contribution < -0.4 is 4.74 Å². The molecule has 3 aromatic rings. The maximum Gasteiger partial charge on any atom is 0.278 e. The standard InChI is InChI=1S/C29H36F2N4O3S/c1-28(30,31)17-38-27-32-23-15-35(8-7-26(23)39-27)16-25(37-3)19-12-29(13-19)10-18(11-29)9-24(36)20-5-4-6-22-21(20)14-34(2)33-22/h4-6,14,18-19,25H,7-13,15-17H2,1-3H3. The van der Waals surface area contributed by atoms with Crippen molar-refractivity contribution >= 4 is 28.0 Å². The fraction of sp³-hybridized carbons (Fsp3) is 0.621. The van der Waals surface area contributed by atoms with Crippen LogP contribution >= 0.6 is 11.3 Å². The molecule has 3 heterocycles. The molecule has 0 bridgehead atoms. The minimum Gasteiger partial charge on any atom is -0.464 e. The van der Waals surface area contributed by atoms with Gasteiger partial charge in [-0.25, -0.2) is 13.8 Å². The average molecular weight is 559 g/mol. The van der Waals surface area contributed by atoms with Crippen LogP contribution in [0.5, 0.6) is 5.19 Å². The number of carbonyl (C=O) groups excluding carboxylic acids is 1. The van der Waals surface area contributed by atoms with Gasteiger partial charge in [-0.1, -0.05) is 23.5 Å². The van der Waals surface area contributed by atoms with E-state index in [1.807, 2.05) is 31.4 Å². The quantitative estimate of drug-likeness (QED) is 0.306. The summed E-state index contributed by atoms with van der Waals surface area (Å²) < 4.78 is 39.2. The molecular formula is C29H36F2N4O3S. The molecule has 2 fully saturated rings. The summed E-state index contributed by atoms with van der Waals surface area (Å²) in [6.45, 7) is 2.65. The van der Waals surface area contributed by atoms with Gasteiger partial charge in [0.15, 0.2) is 12.4 Å². The summed E-state index contributed by atoms with van der Waals surface area (Å²) in [6.07, 6.45) is 8.13. The Morgan fingerprint density at radius 2 is 2.08 bits per heavy atom. The summed E-state index contributed by atoms with van der Waals surface area (Å²) >= 11 is 1.39. The van der Waals surface area contributed by atoms with Gasteiger partial charge >= 0.3 is 0 Å². The van der Waals surface area contributed by atoms with Crippen LogP contribution in [0.2, 0.25) is 0 Å². The number of methoxy groups -OCH3 is 1. The highest BCUT2D eigenvalue weighted by Gasteiger charge is 2.54. The molecule has 0 saturated heterocycles. The Bertz CT molecular complexity index is 1350. The summed E-state index contributed by atoms with van der Waals surface area (Å²) in [4.78, 5) is 21.1. The summed E-state index contributed by atoms with van der Waals surface area (Å²) in [5.74, 6) is -1.66. The number of Topliss-reactive ketones (excluding diaryl/α,β-unsaturated/α-hetero) is 1. The predicted octanol–water partition coefficient (Wildman–Crippen LogP) is 5.52. The zero-order chi connectivity index (χ0) is 27.4. The molecule has 7 nitrogen and oxygen atoms in total. The Morgan fingerprint density at radius 1 is 1.28 bits per heavy atom. The van der Waals surface area contributed by atoms with Crippen molar-refractivity contribution in [2.24, 2.45) is 24.3 Å². The monoisotopic (exact) mass is 558 g/mol. The Balaban J connectivity index is 0.975. The van der Waals surface area contributed by atoms with E-state index in [0.29, 0.717) is 35.4 Å². The number of fused-ring (bicyclic) bond motifs is 2. The number of ketones is 1. The molecule has 210 valence electrons. The van der Waals surface area contributed by atoms with Crippen molar-refractivity contribution in [1.82, 2.24) is 19.7 Å². The van der Waals surface area contributed by atoms with E-state index in [-0.39, 0.29) is 11.9 Å². The van der Waals surface area contributed by atoms with Crippen LogP contribution in [0.15, 0.2) is 24.4 Å². The Hall–Kier alpha value is -2.43. The first-order valence-corrected chi connectivity index (χ1v) is 14.6. The minimum atomic E-state index is -2.87. The van der Waals surface area contributed by atoms with Gasteiger partial charge in [-0.3, -0.25) is 14.4 Å². The summed E-state index contributed by atoms with van der Waals surface area (Å²) in [7, 11) is 3.68. The number of carbonyl (C=O) groups is 1. The van der Waals surface area contributed by atoms with Crippen LogP contribution in [0.25, 0.3) is 10.9 Å². The van der Waals surface area contributed by atoms with Crippen molar-refractivity contribution in [3.8, 4) is 5.19 Å². The highest BCUT2D eigenvalue weighted by atomic mass is 32.1. The van der Waals surface area contributed by atoms with Crippen LogP contribution in [0, 0.1) is 17.3 Å². The second kappa shape index (κ2) is 10.2. The highest BCUT2D eigenvalue weighted by Crippen LogP contribution is 2.63. The number of aromatic nitrogens is 3. The van der Waals surface area contributed by atoms with Gasteiger partial charge in [-0.15, -0.1) is 0 Å². The number of thiazole rings is 1. The highest BCUT2D eigenvalue weighted by molar-refractivity contribution is 7.13. The van der Waals surface area contributed by atoms with E-state index in [9.17, 15) is 13.6 Å². The lowest BCUT2D eigenvalue weighted by Gasteiger charge is -2.59. The molecule has 1 atom stereocenters. The molecule has 0 amide bonds. The number of alkyl halides is 2. The number of benzene rings is 1. The molecule has 0 N–H and O–H groups in total. The number of rotatable bonds is 10. The van der Waals surface area contributed by atoms with Crippen molar-refractivity contribution in [2.75, 3.05) is 26.8 Å². The van der Waals surface area contributed by atoms with E-state index in [4.69, 9.17) is 9.47 Å². The van der Waals surface area contributed by atoms with Gasteiger partial charge in [0.25, 0.3) is 11.1 Å². The van der Waals surface area contributed by atoms with Crippen molar-refractivity contribution in [3.63, 3.8) is 0 Å². The molecule has 2 aliphatic carbocycles. The SMILES string of the molecule is COC(CN1CCc2sc(OCC(C)(F)F)nc2C1)C1CC2(CC(CC(=O)c3cccc4nn(C)cc34)C2)C1. The topological polar surface area (TPSA) is 69.5 Å². The summed E-state index contributed by atoms with van der Waals surface area (Å²) in [5.41, 5.74) is 2.98. The van der Waals surface area contributed by atoms with Crippen molar-refractivity contribution in [3.05, 3.63) is 40.5 Å². The van der Waals surface area contributed by atoms with Crippen molar-refractivity contribution < 1.29 is 23.0 Å². The van der Waals surface area contributed by atoms with E-state index in [1.165, 1.54) is 11.3 Å². The average Bonchev–Trinajstić information content (AvgIpc) is 3.43. The minimum absolute atomic E-state index is 0.161. The number of nitrogens with zero attached hydrogens (tertiary/aromatic N) is 4. The molecule has 1 aliphatic heterocycles. The number of halogens is 2. The molecule has 1 aromatic carbocycles. The van der Waals surface area contributed by atoms with Crippen molar-refractivity contribution in [2.45, 2.75) is 64.0 Å². The van der Waals surface area contributed by atoms with Crippen molar-refractivity contribution in [1.29, 1.82) is 0 Å². The molecule has 2 aromatic heterocycles. The fourth-order valence-corrected chi connectivity index (χ4v) is 7.95. The molecule has 1 spiro atoms. The van der Waals surface area contributed by atoms with Gasteiger partial charge in [0, 0.05) is 69.2 Å². The third-order valence-electron chi connectivity index (χ3n) is 8.78. The first-order valence-electron chi connectivity index (χ1n) is 13.8. The Morgan fingerprint density at radius 3 is 2.82 bits per heavy atom. The number of ether oxygens (including phenoxy) is 2. The number of hydrogen-bond donors (Lipinski definition) is 0. The second-order valence-corrected chi connectivity index (χ2v) is 13.1. The molecule has 39 heavy (non-hydrogen) atoms. The first kappa shape index (κ1) is 26.8. The van der Waals surface area contributed by atoms with Crippen LogP contribution in [-0.2, 0) is 24.8 Å². The van der Waals surface area contributed by atoms with Crippen LogP contribution in [-0.4, -0.2) is 64.3 Å². The van der Waals surface area contributed by atoms with Gasteiger partial charge in [-0.05, 0) is 55.4 Å². The van der Waals surface area contributed by atoms with Crippen LogP contribution in [0.3, 0.4) is 0 Å². The third kappa shape index (κ3) is 5.60. The van der Waals surface area contributed by atoms with Gasteiger partial charge < -0.3 is 9.47 Å². The number of hydrogen-bond acceptors (Lipinski definition) is 7. The van der Waals surface area contributed by atoms with Gasteiger partial charge in [0.2, 0.25) is 0 Å². The lowest BCUT2D eigenvalue weighted by atomic mass is 9.46. The zero-order valence-electron chi connectivity index (χ0n) is 22.8.